The number of nitrogens with one attached hydrogen (secondary N) is 1. The lowest BCUT2D eigenvalue weighted by molar-refractivity contribution is -0.286. The van der Waals surface area contributed by atoms with Gasteiger partial charge in [-0.05, 0) is 64.4 Å². The van der Waals surface area contributed by atoms with Crippen molar-refractivity contribution in [2.45, 2.75) is 51.9 Å². The summed E-state index contributed by atoms with van der Waals surface area (Å²) in [6.45, 7) is 8.89. The molecule has 3 heterocycles. The summed E-state index contributed by atoms with van der Waals surface area (Å²) < 4.78 is 47.2. The number of halogens is 2. The van der Waals surface area contributed by atoms with E-state index in [0.29, 0.717) is 22.4 Å². The first kappa shape index (κ1) is 25.4. The number of anilines is 1. The number of aromatic nitrogens is 1. The molecule has 0 spiro atoms. The number of amides is 1. The van der Waals surface area contributed by atoms with Crippen molar-refractivity contribution < 1.29 is 37.3 Å². The van der Waals surface area contributed by atoms with Gasteiger partial charge in [0.05, 0.1) is 11.3 Å². The minimum atomic E-state index is -3.78. The Morgan fingerprint density at radius 2 is 1.74 bits per heavy atom. The number of hydrogen-bond acceptors (Lipinski definition) is 7. The lowest BCUT2D eigenvalue weighted by Gasteiger charge is -2.22. The van der Waals surface area contributed by atoms with Crippen LogP contribution in [0.2, 0.25) is 0 Å². The number of fused-ring (bicyclic) bond motifs is 2. The number of carbonyl (C=O) groups excluding carboxylic acids is 2. The Balaban J connectivity index is 1.40. The van der Waals surface area contributed by atoms with Gasteiger partial charge in [-0.1, -0.05) is 18.2 Å². The fraction of sp³-hybridized carbons (Fsp3) is 0.321. The van der Waals surface area contributed by atoms with Crippen LogP contribution in [-0.2, 0) is 14.9 Å². The third kappa shape index (κ3) is 4.73. The topological polar surface area (TPSA) is 96.0 Å². The van der Waals surface area contributed by atoms with Crippen molar-refractivity contribution in [1.29, 1.82) is 0 Å². The molecule has 1 amide bonds. The second-order valence-corrected chi connectivity index (χ2v) is 10.5. The van der Waals surface area contributed by atoms with Crippen LogP contribution in [0.15, 0.2) is 48.5 Å². The highest BCUT2D eigenvalue weighted by Crippen LogP contribution is 2.50. The first-order chi connectivity index (χ1) is 17.7. The van der Waals surface area contributed by atoms with Gasteiger partial charge in [0, 0.05) is 17.2 Å². The molecule has 0 saturated heterocycles. The van der Waals surface area contributed by atoms with Crippen LogP contribution in [0.25, 0.3) is 11.3 Å². The van der Waals surface area contributed by atoms with E-state index in [-0.39, 0.29) is 29.7 Å². The summed E-state index contributed by atoms with van der Waals surface area (Å²) >= 11 is 0. The Morgan fingerprint density at radius 1 is 1.03 bits per heavy atom. The summed E-state index contributed by atoms with van der Waals surface area (Å²) in [6.07, 6.45) is -3.78. The van der Waals surface area contributed by atoms with Crippen LogP contribution in [0.5, 0.6) is 17.2 Å². The predicted octanol–water partition coefficient (Wildman–Crippen LogP) is 5.62. The molecule has 0 saturated carbocycles. The number of esters is 1. The summed E-state index contributed by atoms with van der Waals surface area (Å²) in [6, 6.07) is 13.0. The number of nitrogens with zero attached hydrogens (tertiary/aromatic N) is 1. The molecule has 8 nitrogen and oxygen atoms in total. The van der Waals surface area contributed by atoms with Gasteiger partial charge in [0.15, 0.2) is 11.5 Å². The Labute approximate surface area is 217 Å². The second kappa shape index (κ2) is 8.68. The molecule has 2 aliphatic heterocycles. The quantitative estimate of drug-likeness (QED) is 0.443. The first-order valence-electron chi connectivity index (χ1n) is 11.9. The molecule has 1 aromatic heterocycles. The third-order valence-corrected chi connectivity index (χ3v) is 6.22. The molecule has 0 aliphatic carbocycles. The lowest BCUT2D eigenvalue weighted by atomic mass is 9.83. The van der Waals surface area contributed by atoms with Crippen LogP contribution in [0, 0.1) is 6.92 Å². The van der Waals surface area contributed by atoms with Crippen molar-refractivity contribution in [3.8, 4) is 28.5 Å². The van der Waals surface area contributed by atoms with Crippen molar-refractivity contribution in [2.75, 3.05) is 11.9 Å². The largest absolute Gasteiger partial charge is 0.586 e. The molecular weight excluding hydrogens is 498 g/mol. The van der Waals surface area contributed by atoms with E-state index in [1.54, 1.807) is 58.0 Å². The van der Waals surface area contributed by atoms with Crippen LogP contribution < -0.4 is 19.5 Å². The molecule has 10 heteroatoms. The highest BCUT2D eigenvalue weighted by atomic mass is 19.3. The summed E-state index contributed by atoms with van der Waals surface area (Å²) in [7, 11) is 0. The normalized spacial score (nSPS) is 18.9. The van der Waals surface area contributed by atoms with Gasteiger partial charge in [-0.25, -0.2) is 9.78 Å². The molecule has 0 radical (unpaired) electrons. The maximum Gasteiger partial charge on any atom is 0.586 e. The molecule has 0 unspecified atom stereocenters. The number of alkyl halides is 2. The van der Waals surface area contributed by atoms with Crippen LogP contribution in [0.3, 0.4) is 0 Å². The van der Waals surface area contributed by atoms with Crippen LogP contribution in [-0.4, -0.2) is 35.4 Å². The highest BCUT2D eigenvalue weighted by molar-refractivity contribution is 6.00. The number of aryl methyl sites for hydroxylation is 1. The fourth-order valence-electron chi connectivity index (χ4n) is 4.29. The fourth-order valence-corrected chi connectivity index (χ4v) is 4.29. The van der Waals surface area contributed by atoms with Crippen molar-refractivity contribution in [2.24, 2.45) is 0 Å². The van der Waals surface area contributed by atoms with Gasteiger partial charge in [-0.15, -0.1) is 8.78 Å². The van der Waals surface area contributed by atoms with E-state index in [4.69, 9.17) is 9.47 Å². The maximum atomic E-state index is 13.5. The van der Waals surface area contributed by atoms with Crippen LogP contribution in [0.1, 0.15) is 49.2 Å². The molecule has 198 valence electrons. The number of hydrogen-bond donors (Lipinski definition) is 1. The van der Waals surface area contributed by atoms with Crippen molar-refractivity contribution in [1.82, 2.24) is 4.98 Å². The molecule has 0 fully saturated rings. The Kier molecular flexibility index (Phi) is 5.81. The first-order valence-corrected chi connectivity index (χ1v) is 11.9. The summed E-state index contributed by atoms with van der Waals surface area (Å²) in [5.41, 5.74) is 1.03. The number of carbonyl (C=O) groups is 2. The van der Waals surface area contributed by atoms with E-state index in [1.165, 1.54) is 12.1 Å². The highest BCUT2D eigenvalue weighted by Gasteiger charge is 2.49. The average molecular weight is 525 g/mol. The van der Waals surface area contributed by atoms with Crippen molar-refractivity contribution in [3.05, 3.63) is 65.2 Å². The molecule has 5 rings (SSSR count). The zero-order chi connectivity index (χ0) is 27.5. The van der Waals surface area contributed by atoms with Gasteiger partial charge < -0.3 is 24.3 Å². The molecule has 0 bridgehead atoms. The lowest BCUT2D eigenvalue weighted by Crippen LogP contribution is -2.39. The number of benzene rings is 2. The SMILES string of the molecule is Cc1ccc(NC(=O)[C@@]2(C)COc3cc4c(cc32)OC(F)(F)O4)nc1-c1cccc(C(=O)OC(C)(C)C)c1. The minimum absolute atomic E-state index is 0.00982. The number of rotatable bonds is 4. The molecule has 1 N–H and O–H groups in total. The van der Waals surface area contributed by atoms with Crippen molar-refractivity contribution in [3.63, 3.8) is 0 Å². The Hall–Kier alpha value is -4.21. The van der Waals surface area contributed by atoms with Gasteiger partial charge in [-0.2, -0.15) is 0 Å². The predicted molar refractivity (Wildman–Crippen MR) is 134 cm³/mol. The summed E-state index contributed by atoms with van der Waals surface area (Å²) in [5, 5.41) is 2.81. The monoisotopic (exact) mass is 524 g/mol. The Morgan fingerprint density at radius 3 is 2.45 bits per heavy atom. The standard InChI is InChI=1S/C28H26F2N2O6/c1-15-9-10-22(31-23(15)16-7-6-8-17(11-16)24(33)38-26(2,3)4)32-25(34)27(5)14-35-19-13-21-20(12-18(19)27)36-28(29,30)37-21/h6-13H,14H2,1-5H3,(H,31,32,34)/t27-/m0/s1. The smallest absolute Gasteiger partial charge is 0.492 e. The van der Waals surface area contributed by atoms with Crippen LogP contribution in [0.4, 0.5) is 14.6 Å². The third-order valence-electron chi connectivity index (χ3n) is 6.22. The van der Waals surface area contributed by atoms with Gasteiger partial charge in [0.25, 0.3) is 0 Å². The summed E-state index contributed by atoms with van der Waals surface area (Å²) in [5.74, 6) is -0.671. The molecule has 2 aliphatic rings. The van der Waals surface area contributed by atoms with Gasteiger partial charge >= 0.3 is 12.3 Å². The summed E-state index contributed by atoms with van der Waals surface area (Å²) in [4.78, 5) is 30.6. The maximum absolute atomic E-state index is 13.5. The molecule has 38 heavy (non-hydrogen) atoms. The molecular formula is C28H26F2N2O6. The number of ether oxygens (including phenoxy) is 4. The van der Waals surface area contributed by atoms with E-state index in [9.17, 15) is 18.4 Å². The van der Waals surface area contributed by atoms with E-state index in [0.717, 1.165) is 5.56 Å². The van der Waals surface area contributed by atoms with Gasteiger partial charge in [-0.3, -0.25) is 4.79 Å². The molecule has 2 aromatic carbocycles. The van der Waals surface area contributed by atoms with E-state index in [1.807, 2.05) is 13.0 Å². The van der Waals surface area contributed by atoms with Crippen LogP contribution >= 0.6 is 0 Å². The Bertz CT molecular complexity index is 1470. The molecule has 1 atom stereocenters. The van der Waals surface area contributed by atoms with E-state index >= 15 is 0 Å². The van der Waals surface area contributed by atoms with E-state index in [2.05, 4.69) is 19.8 Å². The zero-order valence-electron chi connectivity index (χ0n) is 21.5. The zero-order valence-corrected chi connectivity index (χ0v) is 21.5. The minimum Gasteiger partial charge on any atom is -0.492 e. The van der Waals surface area contributed by atoms with Gasteiger partial charge in [0.2, 0.25) is 5.91 Å². The number of pyridine rings is 1. The average Bonchev–Trinajstić information content (AvgIpc) is 3.32. The molecule has 3 aromatic rings. The second-order valence-electron chi connectivity index (χ2n) is 10.5. The van der Waals surface area contributed by atoms with Gasteiger partial charge in [0.1, 0.15) is 29.2 Å². The van der Waals surface area contributed by atoms with E-state index < -0.39 is 29.2 Å². The van der Waals surface area contributed by atoms with Crippen molar-refractivity contribution >= 4 is 17.7 Å².